The third-order valence-electron chi connectivity index (χ3n) is 2.46. The first-order valence-corrected chi connectivity index (χ1v) is 5.58. The zero-order chi connectivity index (χ0) is 14.7. The number of carbonyl (C=O) groups is 1. The summed E-state index contributed by atoms with van der Waals surface area (Å²) in [7, 11) is 0. The summed E-state index contributed by atoms with van der Waals surface area (Å²) in [5, 5.41) is 16.8. The number of carbonyl (C=O) groups excluding carboxylic acids is 1. The summed E-state index contributed by atoms with van der Waals surface area (Å²) in [4.78, 5) is 25.9. The molecule has 1 heterocycles. The highest BCUT2D eigenvalue weighted by molar-refractivity contribution is 5.95. The number of nitrogens with two attached hydrogens (primary N) is 1. The molecule has 0 radical (unpaired) electrons. The number of hydrogen-bond acceptors (Lipinski definition) is 7. The van der Waals surface area contributed by atoms with Crippen molar-refractivity contribution in [3.8, 4) is 0 Å². The van der Waals surface area contributed by atoms with Crippen LogP contribution in [0.15, 0.2) is 22.7 Å². The fourth-order valence-electron chi connectivity index (χ4n) is 1.51. The first-order chi connectivity index (χ1) is 9.47. The van der Waals surface area contributed by atoms with Crippen LogP contribution in [0.2, 0.25) is 0 Å². The number of amides is 1. The standard InChI is InChI=1S/C11H11N5O4/c1-6-14-10(20-15-6)5-13-11(17)7-2-3-8(12)9(4-7)16(18)19/h2-4H,5,12H2,1H3,(H,13,17). The topological polar surface area (TPSA) is 137 Å². The largest absolute Gasteiger partial charge is 0.393 e. The van der Waals surface area contributed by atoms with Crippen LogP contribution in [0.1, 0.15) is 22.1 Å². The van der Waals surface area contributed by atoms with E-state index in [9.17, 15) is 14.9 Å². The van der Waals surface area contributed by atoms with Gasteiger partial charge in [-0.2, -0.15) is 4.98 Å². The number of nitrogens with one attached hydrogen (secondary N) is 1. The van der Waals surface area contributed by atoms with Gasteiger partial charge in [0.2, 0.25) is 5.89 Å². The minimum atomic E-state index is -0.645. The summed E-state index contributed by atoms with van der Waals surface area (Å²) in [5.41, 5.74) is 5.26. The first kappa shape index (κ1) is 13.5. The lowest BCUT2D eigenvalue weighted by Crippen LogP contribution is -2.23. The van der Waals surface area contributed by atoms with E-state index in [0.29, 0.717) is 5.82 Å². The molecular formula is C11H11N5O4. The number of nitro groups is 1. The molecule has 9 nitrogen and oxygen atoms in total. The number of anilines is 1. The van der Waals surface area contributed by atoms with Gasteiger partial charge in [-0.25, -0.2) is 0 Å². The molecule has 9 heteroatoms. The third-order valence-corrected chi connectivity index (χ3v) is 2.46. The highest BCUT2D eigenvalue weighted by atomic mass is 16.6. The van der Waals surface area contributed by atoms with Crippen molar-refractivity contribution in [1.82, 2.24) is 15.5 Å². The van der Waals surface area contributed by atoms with Crippen LogP contribution in [0.25, 0.3) is 0 Å². The van der Waals surface area contributed by atoms with Crippen molar-refractivity contribution in [3.05, 3.63) is 45.6 Å². The molecule has 0 saturated carbocycles. The molecule has 0 aliphatic heterocycles. The van der Waals surface area contributed by atoms with Gasteiger partial charge in [-0.3, -0.25) is 14.9 Å². The molecule has 0 saturated heterocycles. The van der Waals surface area contributed by atoms with Gasteiger partial charge in [0, 0.05) is 11.6 Å². The Morgan fingerprint density at radius 2 is 2.30 bits per heavy atom. The van der Waals surface area contributed by atoms with Crippen molar-refractivity contribution in [3.63, 3.8) is 0 Å². The van der Waals surface area contributed by atoms with Crippen LogP contribution in [0.3, 0.4) is 0 Å². The van der Waals surface area contributed by atoms with E-state index in [4.69, 9.17) is 10.3 Å². The molecule has 0 atom stereocenters. The average Bonchev–Trinajstić information content (AvgIpc) is 2.82. The molecule has 0 aliphatic rings. The van der Waals surface area contributed by atoms with E-state index in [0.717, 1.165) is 6.07 Å². The quantitative estimate of drug-likeness (QED) is 0.478. The summed E-state index contributed by atoms with van der Waals surface area (Å²) >= 11 is 0. The predicted octanol–water partition coefficient (Wildman–Crippen LogP) is 0.798. The van der Waals surface area contributed by atoms with E-state index in [1.165, 1.54) is 12.1 Å². The van der Waals surface area contributed by atoms with E-state index < -0.39 is 10.8 Å². The van der Waals surface area contributed by atoms with Crippen LogP contribution in [0, 0.1) is 17.0 Å². The van der Waals surface area contributed by atoms with Gasteiger partial charge in [0.1, 0.15) is 5.69 Å². The van der Waals surface area contributed by atoms with Crippen LogP contribution >= 0.6 is 0 Å². The number of aryl methyl sites for hydroxylation is 1. The average molecular weight is 277 g/mol. The number of hydrogen-bond donors (Lipinski definition) is 2. The van der Waals surface area contributed by atoms with Crippen molar-refractivity contribution < 1.29 is 14.2 Å². The van der Waals surface area contributed by atoms with Gasteiger partial charge in [-0.05, 0) is 19.1 Å². The molecule has 0 fully saturated rings. The normalized spacial score (nSPS) is 10.2. The van der Waals surface area contributed by atoms with E-state index in [1.807, 2.05) is 0 Å². The Balaban J connectivity index is 2.09. The van der Waals surface area contributed by atoms with Crippen molar-refractivity contribution >= 4 is 17.3 Å². The Morgan fingerprint density at radius 1 is 1.55 bits per heavy atom. The lowest BCUT2D eigenvalue weighted by atomic mass is 10.1. The number of rotatable bonds is 4. The molecule has 0 aliphatic carbocycles. The number of aromatic nitrogens is 2. The smallest absolute Gasteiger partial charge is 0.292 e. The minimum absolute atomic E-state index is 0.000856. The number of benzene rings is 1. The molecule has 1 aromatic heterocycles. The zero-order valence-electron chi connectivity index (χ0n) is 10.5. The van der Waals surface area contributed by atoms with Crippen LogP contribution in [-0.4, -0.2) is 21.0 Å². The summed E-state index contributed by atoms with van der Waals surface area (Å²) < 4.78 is 4.83. The maximum absolute atomic E-state index is 11.8. The van der Waals surface area contributed by atoms with Gasteiger partial charge < -0.3 is 15.6 Å². The van der Waals surface area contributed by atoms with Crippen LogP contribution in [0.4, 0.5) is 11.4 Å². The third kappa shape index (κ3) is 2.88. The Kier molecular flexibility index (Phi) is 3.60. The molecule has 2 aromatic rings. The zero-order valence-corrected chi connectivity index (χ0v) is 10.5. The van der Waals surface area contributed by atoms with E-state index >= 15 is 0 Å². The van der Waals surface area contributed by atoms with E-state index in [-0.39, 0.29) is 29.4 Å². The Labute approximate surface area is 112 Å². The molecule has 0 bridgehead atoms. The lowest BCUT2D eigenvalue weighted by molar-refractivity contribution is -0.383. The molecule has 0 unspecified atom stereocenters. The second-order valence-corrected chi connectivity index (χ2v) is 3.95. The van der Waals surface area contributed by atoms with Crippen LogP contribution < -0.4 is 11.1 Å². The summed E-state index contributed by atoms with van der Waals surface area (Å²) in [6, 6.07) is 3.82. The number of nitrogen functional groups attached to an aromatic ring is 1. The molecule has 0 spiro atoms. The van der Waals surface area contributed by atoms with Gasteiger partial charge >= 0.3 is 0 Å². The fourth-order valence-corrected chi connectivity index (χ4v) is 1.51. The number of nitrogens with zero attached hydrogens (tertiary/aromatic N) is 3. The van der Waals surface area contributed by atoms with E-state index in [1.54, 1.807) is 6.92 Å². The maximum atomic E-state index is 11.8. The molecule has 20 heavy (non-hydrogen) atoms. The Hall–Kier alpha value is -2.97. The molecular weight excluding hydrogens is 266 g/mol. The Morgan fingerprint density at radius 3 is 2.90 bits per heavy atom. The predicted molar refractivity (Wildman–Crippen MR) is 67.7 cm³/mol. The SMILES string of the molecule is Cc1noc(CNC(=O)c2ccc(N)c([N+](=O)[O-])c2)n1. The fraction of sp³-hybridized carbons (Fsp3) is 0.182. The van der Waals surface area contributed by atoms with Crippen molar-refractivity contribution in [1.29, 1.82) is 0 Å². The monoisotopic (exact) mass is 277 g/mol. The molecule has 1 aromatic carbocycles. The van der Waals surface area contributed by atoms with Gasteiger partial charge in [-0.15, -0.1) is 0 Å². The highest BCUT2D eigenvalue weighted by Gasteiger charge is 2.16. The minimum Gasteiger partial charge on any atom is -0.393 e. The second-order valence-electron chi connectivity index (χ2n) is 3.95. The van der Waals surface area contributed by atoms with Gasteiger partial charge in [-0.1, -0.05) is 5.16 Å². The summed E-state index contributed by atoms with van der Waals surface area (Å²) in [5.74, 6) is 0.210. The van der Waals surface area contributed by atoms with Crippen LogP contribution in [0.5, 0.6) is 0 Å². The van der Waals surface area contributed by atoms with Crippen molar-refractivity contribution in [2.75, 3.05) is 5.73 Å². The lowest BCUT2D eigenvalue weighted by Gasteiger charge is -2.03. The number of nitro benzene ring substituents is 1. The molecule has 2 rings (SSSR count). The van der Waals surface area contributed by atoms with Crippen LogP contribution in [-0.2, 0) is 6.54 Å². The van der Waals surface area contributed by atoms with Gasteiger partial charge in [0.15, 0.2) is 5.82 Å². The maximum Gasteiger partial charge on any atom is 0.292 e. The molecule has 1 amide bonds. The summed E-state index contributed by atoms with van der Waals surface area (Å²) in [6.07, 6.45) is 0. The molecule has 3 N–H and O–H groups in total. The molecule has 104 valence electrons. The second kappa shape index (κ2) is 5.34. The van der Waals surface area contributed by atoms with Crippen molar-refractivity contribution in [2.24, 2.45) is 0 Å². The van der Waals surface area contributed by atoms with Gasteiger partial charge in [0.05, 0.1) is 11.5 Å². The van der Waals surface area contributed by atoms with Gasteiger partial charge in [0.25, 0.3) is 11.6 Å². The van der Waals surface area contributed by atoms with Crippen molar-refractivity contribution in [2.45, 2.75) is 13.5 Å². The Bertz CT molecular complexity index is 667. The first-order valence-electron chi connectivity index (χ1n) is 5.58. The highest BCUT2D eigenvalue weighted by Crippen LogP contribution is 2.22. The summed E-state index contributed by atoms with van der Waals surface area (Å²) in [6.45, 7) is 1.69. The van der Waals surface area contributed by atoms with E-state index in [2.05, 4.69) is 15.5 Å².